The lowest BCUT2D eigenvalue weighted by Gasteiger charge is -2.36. The molecular formula is C20H35Cl3N4O2. The summed E-state index contributed by atoms with van der Waals surface area (Å²) in [5.74, 6) is 0.251. The van der Waals surface area contributed by atoms with E-state index >= 15 is 0 Å². The molecule has 1 amide bonds. The van der Waals surface area contributed by atoms with Gasteiger partial charge >= 0.3 is 0 Å². The topological polar surface area (TPSA) is 70.8 Å². The lowest BCUT2D eigenvalue weighted by molar-refractivity contribution is -0.124. The molecule has 1 unspecified atom stereocenters. The van der Waals surface area contributed by atoms with Crippen LogP contribution in [-0.4, -0.2) is 69.3 Å². The highest BCUT2D eigenvalue weighted by Crippen LogP contribution is 2.18. The monoisotopic (exact) mass is 468 g/mol. The van der Waals surface area contributed by atoms with Crippen LogP contribution < -0.4 is 16.0 Å². The zero-order chi connectivity index (χ0) is 18.2. The first-order chi connectivity index (χ1) is 12.7. The Kier molecular flexibility index (Phi) is 14.7. The van der Waals surface area contributed by atoms with Crippen molar-refractivity contribution in [3.8, 4) is 0 Å². The van der Waals surface area contributed by atoms with Crippen LogP contribution in [0.5, 0.6) is 0 Å². The normalized spacial score (nSPS) is 18.6. The van der Waals surface area contributed by atoms with Crippen molar-refractivity contribution in [2.75, 3.05) is 57.4 Å². The minimum atomic E-state index is -0.395. The number of anilines is 1. The predicted octanol–water partition coefficient (Wildman–Crippen LogP) is 2.33. The highest BCUT2D eigenvalue weighted by molar-refractivity contribution is 5.86. The van der Waals surface area contributed by atoms with Gasteiger partial charge in [-0.05, 0) is 43.9 Å². The fraction of sp³-hybridized carbons (Fsp3) is 0.650. The van der Waals surface area contributed by atoms with E-state index in [9.17, 15) is 4.79 Å². The number of halogens is 3. The van der Waals surface area contributed by atoms with Gasteiger partial charge in [0.25, 0.3) is 0 Å². The third-order valence-electron chi connectivity index (χ3n) is 5.52. The molecule has 0 aliphatic carbocycles. The van der Waals surface area contributed by atoms with Crippen LogP contribution in [0.1, 0.15) is 19.3 Å². The number of hydrogen-bond donors (Lipinski definition) is 2. The molecule has 168 valence electrons. The van der Waals surface area contributed by atoms with Gasteiger partial charge in [0.1, 0.15) is 0 Å². The van der Waals surface area contributed by atoms with E-state index in [-0.39, 0.29) is 49.0 Å². The minimum absolute atomic E-state index is 0. The fourth-order valence-electron chi connectivity index (χ4n) is 3.79. The van der Waals surface area contributed by atoms with Crippen molar-refractivity contribution in [1.29, 1.82) is 0 Å². The van der Waals surface area contributed by atoms with E-state index in [4.69, 9.17) is 10.5 Å². The summed E-state index contributed by atoms with van der Waals surface area (Å²) in [5, 5.41) is 3.01. The second-order valence-corrected chi connectivity index (χ2v) is 7.28. The van der Waals surface area contributed by atoms with Crippen LogP contribution in [0.4, 0.5) is 5.69 Å². The Labute approximate surface area is 193 Å². The average Bonchev–Trinajstić information content (AvgIpc) is 2.72. The number of nitrogens with one attached hydrogen (secondary N) is 1. The minimum Gasteiger partial charge on any atom is -0.381 e. The molecule has 6 nitrogen and oxygen atoms in total. The number of piperazine rings is 1. The van der Waals surface area contributed by atoms with Gasteiger partial charge in [0.15, 0.2) is 0 Å². The van der Waals surface area contributed by atoms with E-state index in [1.165, 1.54) is 5.69 Å². The maximum atomic E-state index is 12.2. The number of ether oxygens (including phenoxy) is 1. The molecule has 2 aliphatic heterocycles. The second-order valence-electron chi connectivity index (χ2n) is 7.28. The second kappa shape index (κ2) is 15.1. The van der Waals surface area contributed by atoms with Gasteiger partial charge in [0.2, 0.25) is 5.91 Å². The van der Waals surface area contributed by atoms with Crippen LogP contribution in [0.2, 0.25) is 0 Å². The number of carbonyl (C=O) groups is 1. The summed E-state index contributed by atoms with van der Waals surface area (Å²) < 4.78 is 5.33. The zero-order valence-electron chi connectivity index (χ0n) is 16.8. The van der Waals surface area contributed by atoms with Gasteiger partial charge in [-0.15, -0.1) is 37.2 Å². The molecule has 0 spiro atoms. The van der Waals surface area contributed by atoms with Gasteiger partial charge < -0.3 is 20.7 Å². The third kappa shape index (κ3) is 8.87. The molecule has 2 fully saturated rings. The zero-order valence-corrected chi connectivity index (χ0v) is 19.3. The van der Waals surface area contributed by atoms with Crippen molar-refractivity contribution >= 4 is 48.8 Å². The molecule has 2 saturated heterocycles. The van der Waals surface area contributed by atoms with Gasteiger partial charge in [-0.25, -0.2) is 0 Å². The summed E-state index contributed by atoms with van der Waals surface area (Å²) >= 11 is 0. The van der Waals surface area contributed by atoms with Gasteiger partial charge in [-0.1, -0.05) is 18.2 Å². The van der Waals surface area contributed by atoms with Crippen LogP contribution in [0.25, 0.3) is 0 Å². The SMILES string of the molecule is Cl.Cl.Cl.NC(C(=O)NCCCN1CCN(c2ccccc2)CC1)C1CCOCC1. The molecule has 1 aromatic rings. The molecule has 0 bridgehead atoms. The average molecular weight is 470 g/mol. The van der Waals surface area contributed by atoms with E-state index in [1.807, 2.05) is 0 Å². The number of nitrogens with two attached hydrogens (primary N) is 1. The van der Waals surface area contributed by atoms with E-state index in [2.05, 4.69) is 45.4 Å². The summed E-state index contributed by atoms with van der Waals surface area (Å²) in [4.78, 5) is 17.1. The first-order valence-corrected chi connectivity index (χ1v) is 9.87. The molecule has 2 heterocycles. The van der Waals surface area contributed by atoms with Crippen molar-refractivity contribution in [1.82, 2.24) is 10.2 Å². The van der Waals surface area contributed by atoms with Crippen LogP contribution in [0, 0.1) is 5.92 Å². The van der Waals surface area contributed by atoms with Gasteiger partial charge in [-0.2, -0.15) is 0 Å². The first kappa shape index (κ1) is 28.2. The largest absolute Gasteiger partial charge is 0.381 e. The van der Waals surface area contributed by atoms with Crippen LogP contribution in [0.15, 0.2) is 30.3 Å². The first-order valence-electron chi connectivity index (χ1n) is 9.87. The summed E-state index contributed by atoms with van der Waals surface area (Å²) in [7, 11) is 0. The molecule has 0 radical (unpaired) electrons. The number of benzene rings is 1. The van der Waals surface area contributed by atoms with Crippen LogP contribution >= 0.6 is 37.2 Å². The van der Waals surface area contributed by atoms with Crippen LogP contribution in [-0.2, 0) is 9.53 Å². The number of amides is 1. The predicted molar refractivity (Wildman–Crippen MR) is 126 cm³/mol. The highest BCUT2D eigenvalue weighted by atomic mass is 35.5. The molecule has 29 heavy (non-hydrogen) atoms. The van der Waals surface area contributed by atoms with E-state index in [0.717, 1.165) is 65.2 Å². The third-order valence-corrected chi connectivity index (χ3v) is 5.52. The summed E-state index contributed by atoms with van der Waals surface area (Å²) in [6.45, 7) is 7.44. The number of rotatable bonds is 7. The van der Waals surface area contributed by atoms with E-state index in [1.54, 1.807) is 0 Å². The molecular weight excluding hydrogens is 435 g/mol. The number of para-hydroxylation sites is 1. The molecule has 3 N–H and O–H groups in total. The highest BCUT2D eigenvalue weighted by Gasteiger charge is 2.26. The molecule has 9 heteroatoms. The Morgan fingerprint density at radius 2 is 1.69 bits per heavy atom. The van der Waals surface area contributed by atoms with Gasteiger partial charge in [0, 0.05) is 51.6 Å². The molecule has 0 saturated carbocycles. The Morgan fingerprint density at radius 1 is 1.07 bits per heavy atom. The van der Waals surface area contributed by atoms with E-state index in [0.29, 0.717) is 6.54 Å². The summed E-state index contributed by atoms with van der Waals surface area (Å²) in [5.41, 5.74) is 7.41. The molecule has 1 aromatic carbocycles. The maximum Gasteiger partial charge on any atom is 0.237 e. The van der Waals surface area contributed by atoms with Crippen molar-refractivity contribution < 1.29 is 9.53 Å². The van der Waals surface area contributed by atoms with Crippen molar-refractivity contribution in [2.24, 2.45) is 11.7 Å². The lowest BCUT2D eigenvalue weighted by atomic mass is 9.92. The summed E-state index contributed by atoms with van der Waals surface area (Å²) in [6.07, 6.45) is 2.75. The molecule has 1 atom stereocenters. The Balaban J connectivity index is 0.00000261. The lowest BCUT2D eigenvalue weighted by Crippen LogP contribution is -2.48. The van der Waals surface area contributed by atoms with Crippen molar-refractivity contribution in [3.63, 3.8) is 0 Å². The molecule has 3 rings (SSSR count). The van der Waals surface area contributed by atoms with Crippen molar-refractivity contribution in [3.05, 3.63) is 30.3 Å². The smallest absolute Gasteiger partial charge is 0.237 e. The molecule has 0 aromatic heterocycles. The Bertz CT molecular complexity index is 554. The van der Waals surface area contributed by atoms with Crippen LogP contribution in [0.3, 0.4) is 0 Å². The molecule has 2 aliphatic rings. The number of nitrogens with zero attached hydrogens (tertiary/aromatic N) is 2. The maximum absolute atomic E-state index is 12.2. The number of hydrogen-bond acceptors (Lipinski definition) is 5. The quantitative estimate of drug-likeness (QED) is 0.600. The number of carbonyl (C=O) groups excluding carboxylic acids is 1. The summed E-state index contributed by atoms with van der Waals surface area (Å²) in [6, 6.07) is 10.2. The van der Waals surface area contributed by atoms with Crippen molar-refractivity contribution in [2.45, 2.75) is 25.3 Å². The fourth-order valence-corrected chi connectivity index (χ4v) is 3.79. The standard InChI is InChI=1S/C20H32N4O2.3ClH/c21-19(17-7-15-26-16-8-17)20(25)22-9-4-10-23-11-13-24(14-12-23)18-5-2-1-3-6-18;;;/h1-3,5-6,17,19H,4,7-16,21H2,(H,22,25);3*1H. The Hall–Kier alpha value is -0.760. The van der Waals surface area contributed by atoms with Gasteiger partial charge in [-0.3, -0.25) is 9.69 Å². The Morgan fingerprint density at radius 3 is 2.31 bits per heavy atom. The van der Waals surface area contributed by atoms with E-state index < -0.39 is 6.04 Å². The van der Waals surface area contributed by atoms with Gasteiger partial charge in [0.05, 0.1) is 6.04 Å².